The Kier molecular flexibility index (Phi) is 4.77. The van der Waals surface area contributed by atoms with Crippen molar-refractivity contribution in [3.63, 3.8) is 0 Å². The number of hydrogen-bond donors (Lipinski definition) is 1. The summed E-state index contributed by atoms with van der Waals surface area (Å²) < 4.78 is 26.6. The summed E-state index contributed by atoms with van der Waals surface area (Å²) in [5.41, 5.74) is -0.193. The van der Waals surface area contributed by atoms with Crippen molar-refractivity contribution in [1.82, 2.24) is 0 Å². The summed E-state index contributed by atoms with van der Waals surface area (Å²) >= 11 is 0. The highest BCUT2D eigenvalue weighted by atomic mass is 19.1. The number of anilines is 1. The molecule has 1 amide bonds. The summed E-state index contributed by atoms with van der Waals surface area (Å²) in [5.74, 6) is -1.81. The molecule has 0 heterocycles. The third-order valence-corrected chi connectivity index (χ3v) is 3.01. The zero-order chi connectivity index (χ0) is 16.1. The van der Waals surface area contributed by atoms with E-state index in [-0.39, 0.29) is 18.5 Å². The minimum atomic E-state index is -0.977. The van der Waals surface area contributed by atoms with Gasteiger partial charge in [-0.05, 0) is 30.2 Å². The molecule has 0 aromatic heterocycles. The average molecular weight is 306 g/mol. The zero-order valence-corrected chi connectivity index (χ0v) is 11.4. The Labute approximate surface area is 124 Å². The summed E-state index contributed by atoms with van der Waals surface area (Å²) in [6.07, 6.45) is 0.202. The Morgan fingerprint density at radius 3 is 2.55 bits per heavy atom. The molecule has 2 rings (SSSR count). The first-order valence-corrected chi connectivity index (χ1v) is 6.44. The van der Waals surface area contributed by atoms with Gasteiger partial charge >= 0.3 is 5.69 Å². The van der Waals surface area contributed by atoms with Crippen molar-refractivity contribution in [3.05, 3.63) is 69.8 Å². The molecule has 0 aliphatic heterocycles. The van der Waals surface area contributed by atoms with Crippen LogP contribution in [-0.4, -0.2) is 10.8 Å². The van der Waals surface area contributed by atoms with Gasteiger partial charge < -0.3 is 5.32 Å². The van der Waals surface area contributed by atoms with Crippen LogP contribution in [0.4, 0.5) is 20.2 Å². The maximum Gasteiger partial charge on any atom is 0.306 e. The van der Waals surface area contributed by atoms with Crippen LogP contribution in [0.2, 0.25) is 0 Å². The van der Waals surface area contributed by atoms with E-state index in [2.05, 4.69) is 5.32 Å². The molecule has 0 bridgehead atoms. The van der Waals surface area contributed by atoms with Gasteiger partial charge in [-0.2, -0.15) is 4.39 Å². The first-order valence-electron chi connectivity index (χ1n) is 6.44. The molecule has 0 radical (unpaired) electrons. The van der Waals surface area contributed by atoms with E-state index in [1.807, 2.05) is 0 Å². The fourth-order valence-corrected chi connectivity index (χ4v) is 1.90. The molecule has 0 saturated heterocycles. The van der Waals surface area contributed by atoms with Crippen molar-refractivity contribution in [1.29, 1.82) is 0 Å². The van der Waals surface area contributed by atoms with Gasteiger partial charge in [0, 0.05) is 18.2 Å². The van der Waals surface area contributed by atoms with Crippen LogP contribution >= 0.6 is 0 Å². The second-order valence-corrected chi connectivity index (χ2v) is 4.56. The van der Waals surface area contributed by atoms with Gasteiger partial charge in [0.1, 0.15) is 5.82 Å². The second kappa shape index (κ2) is 6.75. The van der Waals surface area contributed by atoms with E-state index in [1.165, 1.54) is 12.1 Å². The van der Waals surface area contributed by atoms with E-state index in [0.29, 0.717) is 5.56 Å². The first kappa shape index (κ1) is 15.6. The topological polar surface area (TPSA) is 72.2 Å². The van der Waals surface area contributed by atoms with Gasteiger partial charge in [0.05, 0.1) is 4.92 Å². The molecule has 0 spiro atoms. The van der Waals surface area contributed by atoms with E-state index in [1.54, 1.807) is 18.2 Å². The Hall–Kier alpha value is -2.83. The summed E-state index contributed by atoms with van der Waals surface area (Å²) in [6, 6.07) is 9.17. The van der Waals surface area contributed by atoms with Crippen molar-refractivity contribution in [3.8, 4) is 0 Å². The molecule has 0 unspecified atom stereocenters. The van der Waals surface area contributed by atoms with Gasteiger partial charge in [0.2, 0.25) is 11.7 Å². The number of nitrogens with one attached hydrogen (secondary N) is 1. The SMILES string of the molecule is O=C(CCc1ccccc1F)Nc1ccc(F)c([N+](=O)[O-])c1. The number of hydrogen-bond acceptors (Lipinski definition) is 3. The van der Waals surface area contributed by atoms with E-state index in [9.17, 15) is 23.7 Å². The number of aryl methyl sites for hydroxylation is 1. The number of nitro benzene ring substituents is 1. The summed E-state index contributed by atoms with van der Waals surface area (Å²) in [7, 11) is 0. The molecule has 7 heteroatoms. The molecule has 1 N–H and O–H groups in total. The number of nitro groups is 1. The number of carbonyl (C=O) groups excluding carboxylic acids is 1. The molecule has 0 fully saturated rings. The highest BCUT2D eigenvalue weighted by Crippen LogP contribution is 2.21. The molecule has 0 aliphatic rings. The van der Waals surface area contributed by atoms with Gasteiger partial charge in [0.15, 0.2) is 0 Å². The minimum absolute atomic E-state index is 0.00606. The molecule has 0 saturated carbocycles. The molecule has 0 aliphatic carbocycles. The molecule has 22 heavy (non-hydrogen) atoms. The number of carbonyl (C=O) groups is 1. The maximum absolute atomic E-state index is 13.4. The Morgan fingerprint density at radius 1 is 1.14 bits per heavy atom. The van der Waals surface area contributed by atoms with Crippen molar-refractivity contribution in [2.75, 3.05) is 5.32 Å². The predicted molar refractivity (Wildman–Crippen MR) is 76.4 cm³/mol. The summed E-state index contributed by atoms with van der Waals surface area (Å²) in [6.45, 7) is 0. The normalized spacial score (nSPS) is 10.3. The molecule has 114 valence electrons. The quantitative estimate of drug-likeness (QED) is 0.679. The van der Waals surface area contributed by atoms with E-state index in [0.717, 1.165) is 12.1 Å². The standard InChI is InChI=1S/C15H12F2N2O3/c16-12-4-2-1-3-10(12)5-8-15(20)18-11-6-7-13(17)14(9-11)19(21)22/h1-4,6-7,9H,5,8H2,(H,18,20). The number of nitrogens with zero attached hydrogens (tertiary/aromatic N) is 1. The smallest absolute Gasteiger partial charge is 0.306 e. The van der Waals surface area contributed by atoms with E-state index >= 15 is 0 Å². The lowest BCUT2D eigenvalue weighted by molar-refractivity contribution is -0.387. The monoisotopic (exact) mass is 306 g/mol. The lowest BCUT2D eigenvalue weighted by Crippen LogP contribution is -2.13. The molecular weight excluding hydrogens is 294 g/mol. The van der Waals surface area contributed by atoms with Crippen LogP contribution in [0, 0.1) is 21.7 Å². The summed E-state index contributed by atoms with van der Waals surface area (Å²) in [4.78, 5) is 21.5. The van der Waals surface area contributed by atoms with Crippen LogP contribution in [0.25, 0.3) is 0 Å². The Balaban J connectivity index is 1.99. The largest absolute Gasteiger partial charge is 0.326 e. The maximum atomic E-state index is 13.4. The van der Waals surface area contributed by atoms with Crippen molar-refractivity contribution >= 4 is 17.3 Å². The minimum Gasteiger partial charge on any atom is -0.326 e. The van der Waals surface area contributed by atoms with Crippen LogP contribution in [0.1, 0.15) is 12.0 Å². The van der Waals surface area contributed by atoms with E-state index in [4.69, 9.17) is 0 Å². The van der Waals surface area contributed by atoms with Gasteiger partial charge in [-0.1, -0.05) is 18.2 Å². The van der Waals surface area contributed by atoms with Gasteiger partial charge in [0.25, 0.3) is 0 Å². The number of amides is 1. The zero-order valence-electron chi connectivity index (χ0n) is 11.4. The molecular formula is C15H12F2N2O3. The highest BCUT2D eigenvalue weighted by molar-refractivity contribution is 5.91. The van der Waals surface area contributed by atoms with Crippen LogP contribution in [-0.2, 0) is 11.2 Å². The molecule has 5 nitrogen and oxygen atoms in total. The second-order valence-electron chi connectivity index (χ2n) is 4.56. The van der Waals surface area contributed by atoms with Crippen molar-refractivity contribution in [2.24, 2.45) is 0 Å². The fourth-order valence-electron chi connectivity index (χ4n) is 1.90. The molecule has 2 aromatic carbocycles. The molecule has 0 atom stereocenters. The first-order chi connectivity index (χ1) is 10.5. The van der Waals surface area contributed by atoms with Crippen molar-refractivity contribution in [2.45, 2.75) is 12.8 Å². The third kappa shape index (κ3) is 3.85. The van der Waals surface area contributed by atoms with E-state index < -0.39 is 28.2 Å². The van der Waals surface area contributed by atoms with Crippen LogP contribution in [0.15, 0.2) is 42.5 Å². The average Bonchev–Trinajstić information content (AvgIpc) is 2.48. The Bertz CT molecular complexity index is 720. The fraction of sp³-hybridized carbons (Fsp3) is 0.133. The number of benzene rings is 2. The van der Waals surface area contributed by atoms with Crippen LogP contribution < -0.4 is 5.32 Å². The van der Waals surface area contributed by atoms with Gasteiger partial charge in [-0.15, -0.1) is 0 Å². The van der Waals surface area contributed by atoms with Gasteiger partial charge in [-0.3, -0.25) is 14.9 Å². The summed E-state index contributed by atoms with van der Waals surface area (Å²) in [5, 5.41) is 13.0. The third-order valence-electron chi connectivity index (χ3n) is 3.01. The lowest BCUT2D eigenvalue weighted by Gasteiger charge is -2.06. The van der Waals surface area contributed by atoms with Crippen LogP contribution in [0.3, 0.4) is 0 Å². The number of halogens is 2. The van der Waals surface area contributed by atoms with Crippen molar-refractivity contribution < 1.29 is 18.5 Å². The Morgan fingerprint density at radius 2 is 1.86 bits per heavy atom. The lowest BCUT2D eigenvalue weighted by atomic mass is 10.1. The number of rotatable bonds is 5. The molecule has 2 aromatic rings. The predicted octanol–water partition coefficient (Wildman–Crippen LogP) is 3.44. The highest BCUT2D eigenvalue weighted by Gasteiger charge is 2.15. The van der Waals surface area contributed by atoms with Crippen LogP contribution in [0.5, 0.6) is 0 Å². The van der Waals surface area contributed by atoms with Gasteiger partial charge in [-0.25, -0.2) is 4.39 Å².